The largest absolute Gasteiger partial charge is 0.391 e. The molecule has 0 aliphatic heterocycles. The van der Waals surface area contributed by atoms with Gasteiger partial charge in [0, 0.05) is 23.3 Å². The van der Waals surface area contributed by atoms with Crippen molar-refractivity contribution in [2.45, 2.75) is 50.8 Å². The lowest BCUT2D eigenvalue weighted by Gasteiger charge is -2.22. The number of fused-ring (bicyclic) bond motifs is 1. The van der Waals surface area contributed by atoms with E-state index in [1.807, 2.05) is 29.6 Å². The van der Waals surface area contributed by atoms with Crippen LogP contribution in [0.5, 0.6) is 0 Å². The first-order valence-corrected chi connectivity index (χ1v) is 12.5. The third-order valence-electron chi connectivity index (χ3n) is 6.41. The highest BCUT2D eigenvalue weighted by molar-refractivity contribution is 7.07. The van der Waals surface area contributed by atoms with Gasteiger partial charge in [0.2, 0.25) is 0 Å². The molecule has 1 saturated carbocycles. The molecule has 1 amide bonds. The summed E-state index contributed by atoms with van der Waals surface area (Å²) in [5.74, 6) is -0.317. The number of pyridine rings is 2. The van der Waals surface area contributed by atoms with Crippen molar-refractivity contribution in [2.75, 3.05) is 0 Å². The van der Waals surface area contributed by atoms with E-state index < -0.39 is 6.10 Å². The minimum absolute atomic E-state index is 0.197. The second kappa shape index (κ2) is 9.87. The molecule has 0 spiro atoms. The van der Waals surface area contributed by atoms with Crippen molar-refractivity contribution in [1.82, 2.24) is 19.9 Å². The minimum atomic E-state index is -0.562. The molecule has 3 heterocycles. The van der Waals surface area contributed by atoms with Gasteiger partial charge in [-0.2, -0.15) is 0 Å². The molecule has 7 nitrogen and oxygen atoms in total. The highest BCUT2D eigenvalue weighted by atomic mass is 32.1. The summed E-state index contributed by atoms with van der Waals surface area (Å²) in [5, 5.41) is 15.8. The molecule has 3 aromatic heterocycles. The third-order valence-corrected chi connectivity index (χ3v) is 7.00. The maximum absolute atomic E-state index is 13.3. The summed E-state index contributed by atoms with van der Waals surface area (Å²) >= 11 is 1.55. The molecule has 4 aromatic rings. The van der Waals surface area contributed by atoms with Gasteiger partial charge < -0.3 is 15.0 Å². The first-order chi connectivity index (χ1) is 16.6. The predicted molar refractivity (Wildman–Crippen MR) is 133 cm³/mol. The number of aliphatic hydroxyl groups is 1. The van der Waals surface area contributed by atoms with Gasteiger partial charge in [-0.3, -0.25) is 14.6 Å². The molecular weight excluding hydrogens is 448 g/mol. The van der Waals surface area contributed by atoms with Gasteiger partial charge in [0.05, 0.1) is 46.4 Å². The van der Waals surface area contributed by atoms with Crippen LogP contribution in [0.4, 0.5) is 0 Å². The van der Waals surface area contributed by atoms with Crippen LogP contribution in [0.3, 0.4) is 0 Å². The average molecular weight is 475 g/mol. The highest BCUT2D eigenvalue weighted by Gasteiger charge is 2.25. The van der Waals surface area contributed by atoms with E-state index in [-0.39, 0.29) is 17.5 Å². The normalized spacial score (nSPS) is 18.5. The lowest BCUT2D eigenvalue weighted by atomic mass is 10.0. The molecule has 34 heavy (non-hydrogen) atoms. The molecular formula is C26H26N4O3S. The van der Waals surface area contributed by atoms with Crippen LogP contribution in [-0.2, 0) is 6.54 Å². The molecule has 174 valence electrons. The quantitative estimate of drug-likeness (QED) is 0.426. The van der Waals surface area contributed by atoms with Gasteiger partial charge in [0.25, 0.3) is 11.5 Å². The summed E-state index contributed by atoms with van der Waals surface area (Å²) in [6.45, 7) is 0.327. The van der Waals surface area contributed by atoms with Gasteiger partial charge >= 0.3 is 0 Å². The second-order valence-corrected chi connectivity index (χ2v) is 9.45. The van der Waals surface area contributed by atoms with Crippen LogP contribution in [-0.4, -0.2) is 37.7 Å². The molecule has 1 fully saturated rings. The van der Waals surface area contributed by atoms with E-state index in [0.29, 0.717) is 29.4 Å². The first-order valence-electron chi connectivity index (χ1n) is 11.5. The molecule has 8 heteroatoms. The Kier molecular flexibility index (Phi) is 6.51. The fraction of sp³-hybridized carbons (Fsp3) is 0.308. The van der Waals surface area contributed by atoms with E-state index in [1.165, 1.54) is 0 Å². The van der Waals surface area contributed by atoms with Crippen LogP contribution < -0.4 is 10.9 Å². The zero-order chi connectivity index (χ0) is 23.5. The van der Waals surface area contributed by atoms with E-state index in [2.05, 4.69) is 15.3 Å². The summed E-state index contributed by atoms with van der Waals surface area (Å²) in [4.78, 5) is 35.2. The van der Waals surface area contributed by atoms with E-state index in [1.54, 1.807) is 45.9 Å². The average Bonchev–Trinajstić information content (AvgIpc) is 3.32. The Morgan fingerprint density at radius 1 is 1.12 bits per heavy atom. The number of hydrogen-bond donors (Lipinski definition) is 2. The van der Waals surface area contributed by atoms with Crippen molar-refractivity contribution in [3.05, 3.63) is 81.2 Å². The van der Waals surface area contributed by atoms with Gasteiger partial charge in [-0.1, -0.05) is 43.5 Å². The number of nitrogens with zero attached hydrogens (tertiary/aromatic N) is 3. The maximum Gasteiger partial charge on any atom is 0.260 e. The van der Waals surface area contributed by atoms with Crippen molar-refractivity contribution >= 4 is 28.1 Å². The molecule has 1 aliphatic carbocycles. The number of carbonyl (C=O) groups is 1. The van der Waals surface area contributed by atoms with Gasteiger partial charge in [-0.25, -0.2) is 4.98 Å². The Labute approximate surface area is 201 Å². The summed E-state index contributed by atoms with van der Waals surface area (Å²) in [6.07, 6.45) is 7.02. The topological polar surface area (TPSA) is 97.1 Å². The smallest absolute Gasteiger partial charge is 0.260 e. The Morgan fingerprint density at radius 2 is 1.94 bits per heavy atom. The zero-order valence-electron chi connectivity index (χ0n) is 18.7. The number of carbonyl (C=O) groups excluding carboxylic acids is 1. The Bertz CT molecular complexity index is 1350. The molecule has 1 aromatic carbocycles. The number of hydrogen-bond acceptors (Lipinski definition) is 6. The van der Waals surface area contributed by atoms with Crippen molar-refractivity contribution in [3.8, 4) is 11.3 Å². The van der Waals surface area contributed by atoms with Crippen molar-refractivity contribution in [2.24, 2.45) is 0 Å². The number of thiazole rings is 1. The van der Waals surface area contributed by atoms with Gasteiger partial charge in [0.15, 0.2) is 0 Å². The van der Waals surface area contributed by atoms with Crippen molar-refractivity contribution < 1.29 is 9.90 Å². The fourth-order valence-corrected chi connectivity index (χ4v) is 5.10. The van der Waals surface area contributed by atoms with Crippen LogP contribution in [0.15, 0.2) is 64.5 Å². The van der Waals surface area contributed by atoms with Crippen LogP contribution in [0, 0.1) is 0 Å². The van der Waals surface area contributed by atoms with Crippen LogP contribution >= 0.6 is 11.3 Å². The van der Waals surface area contributed by atoms with Crippen LogP contribution in [0.2, 0.25) is 0 Å². The first kappa shape index (κ1) is 22.4. The van der Waals surface area contributed by atoms with Crippen LogP contribution in [0.1, 0.15) is 48.0 Å². The molecule has 0 saturated heterocycles. The predicted octanol–water partition coefficient (Wildman–Crippen LogP) is 3.99. The minimum Gasteiger partial charge on any atom is -0.391 e. The maximum atomic E-state index is 13.3. The molecule has 0 radical (unpaired) electrons. The van der Waals surface area contributed by atoms with E-state index >= 15 is 0 Å². The summed E-state index contributed by atoms with van der Waals surface area (Å²) < 4.78 is 1.56. The number of rotatable bonds is 5. The standard InChI is InChI=1S/C26H26N4O3S/c31-23-7-3-1-2-6-21(23)29-25(32)20-14-30(26(33)19-5-4-12-27-24(19)20)13-17-8-10-18(11-9-17)22-15-34-16-28-22/h4-5,8-12,14-16,21,23,31H,1-3,6-7,13H2,(H,29,32)/t21-,23-/m0/s1. The van der Waals surface area contributed by atoms with E-state index in [4.69, 9.17) is 0 Å². The summed E-state index contributed by atoms with van der Waals surface area (Å²) in [6, 6.07) is 11.0. The number of nitrogens with one attached hydrogen (secondary N) is 1. The third kappa shape index (κ3) is 4.64. The Balaban J connectivity index is 1.46. The van der Waals surface area contributed by atoms with Gasteiger partial charge in [0.1, 0.15) is 0 Å². The lowest BCUT2D eigenvalue weighted by molar-refractivity contribution is 0.0819. The van der Waals surface area contributed by atoms with E-state index in [9.17, 15) is 14.7 Å². The number of aliphatic hydroxyl groups excluding tert-OH is 1. The number of aromatic nitrogens is 3. The molecule has 5 rings (SSSR count). The SMILES string of the molecule is O=C(N[C@H]1CCCCC[C@@H]1O)c1cn(Cc2ccc(-c3cscn3)cc2)c(=O)c2cccnc12. The molecule has 0 bridgehead atoms. The molecule has 2 N–H and O–H groups in total. The van der Waals surface area contributed by atoms with Crippen LogP contribution in [0.25, 0.3) is 22.2 Å². The Hall–Kier alpha value is -3.36. The molecule has 0 unspecified atom stereocenters. The fourth-order valence-electron chi connectivity index (χ4n) is 4.54. The van der Waals surface area contributed by atoms with E-state index in [0.717, 1.165) is 42.5 Å². The monoisotopic (exact) mass is 474 g/mol. The lowest BCUT2D eigenvalue weighted by Crippen LogP contribution is -2.43. The van der Waals surface area contributed by atoms with Crippen molar-refractivity contribution in [1.29, 1.82) is 0 Å². The Morgan fingerprint density at radius 3 is 2.74 bits per heavy atom. The number of benzene rings is 1. The molecule has 2 atom stereocenters. The van der Waals surface area contributed by atoms with Crippen molar-refractivity contribution in [3.63, 3.8) is 0 Å². The van der Waals surface area contributed by atoms with Gasteiger partial charge in [-0.15, -0.1) is 11.3 Å². The second-order valence-electron chi connectivity index (χ2n) is 8.73. The summed E-state index contributed by atoms with van der Waals surface area (Å²) in [7, 11) is 0. The zero-order valence-corrected chi connectivity index (χ0v) is 19.5. The molecule has 1 aliphatic rings. The highest BCUT2D eigenvalue weighted by Crippen LogP contribution is 2.21. The number of amides is 1. The summed E-state index contributed by atoms with van der Waals surface area (Å²) in [5.41, 5.74) is 5.20. The van der Waals surface area contributed by atoms with Gasteiger partial charge in [-0.05, 0) is 30.5 Å².